The molecular weight excluding hydrogens is 222 g/mol. The molecule has 3 rings (SSSR count). The smallest absolute Gasteiger partial charge is 0.128 e. The van der Waals surface area contributed by atoms with Gasteiger partial charge in [0.25, 0.3) is 0 Å². The van der Waals surface area contributed by atoms with E-state index in [0.29, 0.717) is 17.1 Å². The van der Waals surface area contributed by atoms with Crippen LogP contribution in [0.2, 0.25) is 5.02 Å². The molecule has 0 aromatic carbocycles. The van der Waals surface area contributed by atoms with Gasteiger partial charge in [0.2, 0.25) is 0 Å². The standard InChI is InChI=1S/C12H16ClN3/c13-9-4-5-12(14-6-9)16-7-10-2-1-3-11(8-16)15-10/h4-6,10-11,15H,1-3,7-8H2. The van der Waals surface area contributed by atoms with Crippen LogP contribution in [0.4, 0.5) is 5.82 Å². The van der Waals surface area contributed by atoms with Crippen molar-refractivity contribution in [1.29, 1.82) is 0 Å². The van der Waals surface area contributed by atoms with Crippen molar-refractivity contribution in [2.45, 2.75) is 31.3 Å². The summed E-state index contributed by atoms with van der Waals surface area (Å²) in [6.07, 6.45) is 5.68. The van der Waals surface area contributed by atoms with Crippen LogP contribution in [0.3, 0.4) is 0 Å². The SMILES string of the molecule is Clc1ccc(N2CC3CCCC(C2)N3)nc1. The molecule has 2 saturated heterocycles. The Hall–Kier alpha value is -0.800. The van der Waals surface area contributed by atoms with E-state index in [-0.39, 0.29) is 0 Å². The van der Waals surface area contributed by atoms with Gasteiger partial charge in [-0.3, -0.25) is 0 Å². The van der Waals surface area contributed by atoms with Crippen LogP contribution in [0.15, 0.2) is 18.3 Å². The van der Waals surface area contributed by atoms with Crippen LogP contribution in [-0.4, -0.2) is 30.2 Å². The lowest BCUT2D eigenvalue weighted by atomic mass is 9.94. The first-order valence-electron chi connectivity index (χ1n) is 5.94. The number of pyridine rings is 1. The van der Waals surface area contributed by atoms with Crippen LogP contribution < -0.4 is 10.2 Å². The summed E-state index contributed by atoms with van der Waals surface area (Å²) in [5.74, 6) is 1.06. The predicted octanol–water partition coefficient (Wildman–Crippen LogP) is 2.07. The van der Waals surface area contributed by atoms with Crippen molar-refractivity contribution in [3.63, 3.8) is 0 Å². The molecule has 0 saturated carbocycles. The van der Waals surface area contributed by atoms with Crippen molar-refractivity contribution >= 4 is 17.4 Å². The van der Waals surface area contributed by atoms with Gasteiger partial charge in [-0.2, -0.15) is 0 Å². The van der Waals surface area contributed by atoms with Crippen LogP contribution >= 0.6 is 11.6 Å². The Morgan fingerprint density at radius 2 is 2.00 bits per heavy atom. The van der Waals surface area contributed by atoms with E-state index in [2.05, 4.69) is 15.2 Å². The topological polar surface area (TPSA) is 28.2 Å². The maximum Gasteiger partial charge on any atom is 0.128 e. The third kappa shape index (κ3) is 2.02. The summed E-state index contributed by atoms with van der Waals surface area (Å²) >= 11 is 5.85. The molecule has 2 unspecified atom stereocenters. The van der Waals surface area contributed by atoms with Gasteiger partial charge < -0.3 is 10.2 Å². The number of aromatic nitrogens is 1. The van der Waals surface area contributed by atoms with E-state index in [1.165, 1.54) is 19.3 Å². The highest BCUT2D eigenvalue weighted by molar-refractivity contribution is 6.30. The van der Waals surface area contributed by atoms with Crippen LogP contribution in [-0.2, 0) is 0 Å². The van der Waals surface area contributed by atoms with Gasteiger partial charge in [0.15, 0.2) is 0 Å². The highest BCUT2D eigenvalue weighted by Crippen LogP contribution is 2.23. The minimum Gasteiger partial charge on any atom is -0.353 e. The van der Waals surface area contributed by atoms with Crippen molar-refractivity contribution in [3.8, 4) is 0 Å². The highest BCUT2D eigenvalue weighted by Gasteiger charge is 2.30. The number of nitrogens with one attached hydrogen (secondary N) is 1. The number of piperazine rings is 1. The molecule has 0 amide bonds. The monoisotopic (exact) mass is 237 g/mol. The van der Waals surface area contributed by atoms with Gasteiger partial charge in [-0.25, -0.2) is 4.98 Å². The predicted molar refractivity (Wildman–Crippen MR) is 66.0 cm³/mol. The molecule has 2 fully saturated rings. The van der Waals surface area contributed by atoms with E-state index in [1.807, 2.05) is 12.1 Å². The fourth-order valence-electron chi connectivity index (χ4n) is 2.75. The first-order valence-corrected chi connectivity index (χ1v) is 6.31. The number of anilines is 1. The zero-order valence-electron chi connectivity index (χ0n) is 9.19. The van der Waals surface area contributed by atoms with Crippen LogP contribution in [0.25, 0.3) is 0 Å². The average molecular weight is 238 g/mol. The molecule has 2 aliphatic rings. The van der Waals surface area contributed by atoms with E-state index in [0.717, 1.165) is 18.9 Å². The Balaban J connectivity index is 1.77. The molecule has 0 radical (unpaired) electrons. The fourth-order valence-corrected chi connectivity index (χ4v) is 2.86. The molecule has 0 spiro atoms. The zero-order valence-corrected chi connectivity index (χ0v) is 9.95. The first kappa shape index (κ1) is 10.4. The van der Waals surface area contributed by atoms with Crippen LogP contribution in [0, 0.1) is 0 Å². The van der Waals surface area contributed by atoms with E-state index < -0.39 is 0 Å². The maximum absolute atomic E-state index is 5.85. The van der Waals surface area contributed by atoms with Crippen molar-refractivity contribution in [2.24, 2.45) is 0 Å². The van der Waals surface area contributed by atoms with Gasteiger partial charge in [-0.1, -0.05) is 18.0 Å². The highest BCUT2D eigenvalue weighted by atomic mass is 35.5. The Morgan fingerprint density at radius 1 is 1.25 bits per heavy atom. The van der Waals surface area contributed by atoms with Crippen molar-refractivity contribution in [1.82, 2.24) is 10.3 Å². The largest absolute Gasteiger partial charge is 0.353 e. The summed E-state index contributed by atoms with van der Waals surface area (Å²) < 4.78 is 0. The summed E-state index contributed by atoms with van der Waals surface area (Å²) in [5.41, 5.74) is 0. The lowest BCUT2D eigenvalue weighted by Crippen LogP contribution is -2.59. The quantitative estimate of drug-likeness (QED) is 0.811. The summed E-state index contributed by atoms with van der Waals surface area (Å²) in [4.78, 5) is 6.77. The summed E-state index contributed by atoms with van der Waals surface area (Å²) in [7, 11) is 0. The van der Waals surface area contributed by atoms with Gasteiger partial charge in [-0.15, -0.1) is 0 Å². The third-order valence-corrected chi connectivity index (χ3v) is 3.72. The maximum atomic E-state index is 5.85. The first-order chi connectivity index (χ1) is 7.81. The van der Waals surface area contributed by atoms with Gasteiger partial charge >= 0.3 is 0 Å². The third-order valence-electron chi connectivity index (χ3n) is 3.49. The molecule has 16 heavy (non-hydrogen) atoms. The number of hydrogen-bond acceptors (Lipinski definition) is 3. The number of nitrogens with zero attached hydrogens (tertiary/aromatic N) is 2. The summed E-state index contributed by atoms with van der Waals surface area (Å²) in [5, 5.41) is 4.38. The molecule has 1 N–H and O–H groups in total. The summed E-state index contributed by atoms with van der Waals surface area (Å²) in [6.45, 7) is 2.15. The van der Waals surface area contributed by atoms with E-state index in [1.54, 1.807) is 6.20 Å². The van der Waals surface area contributed by atoms with E-state index >= 15 is 0 Å². The second-order valence-electron chi connectivity index (χ2n) is 4.73. The number of rotatable bonds is 1. The molecule has 2 atom stereocenters. The number of fused-ring (bicyclic) bond motifs is 2. The second kappa shape index (κ2) is 4.22. The molecular formula is C12H16ClN3. The Morgan fingerprint density at radius 3 is 2.62 bits per heavy atom. The molecule has 1 aromatic heterocycles. The molecule has 4 heteroatoms. The van der Waals surface area contributed by atoms with Crippen molar-refractivity contribution < 1.29 is 0 Å². The normalized spacial score (nSPS) is 29.2. The fraction of sp³-hybridized carbons (Fsp3) is 0.583. The number of piperidine rings is 1. The molecule has 86 valence electrons. The van der Waals surface area contributed by atoms with Crippen LogP contribution in [0.5, 0.6) is 0 Å². The summed E-state index contributed by atoms with van der Waals surface area (Å²) in [6, 6.07) is 5.22. The minimum atomic E-state index is 0.643. The van der Waals surface area contributed by atoms with Crippen LogP contribution in [0.1, 0.15) is 19.3 Å². The van der Waals surface area contributed by atoms with Gasteiger partial charge in [0, 0.05) is 31.4 Å². The Labute approximate surface area is 101 Å². The molecule has 3 heterocycles. The minimum absolute atomic E-state index is 0.643. The molecule has 0 aliphatic carbocycles. The second-order valence-corrected chi connectivity index (χ2v) is 5.17. The number of hydrogen-bond donors (Lipinski definition) is 1. The number of halogens is 1. The van der Waals surface area contributed by atoms with E-state index in [4.69, 9.17) is 11.6 Å². The lowest BCUT2D eigenvalue weighted by molar-refractivity contribution is 0.282. The molecule has 1 aromatic rings. The molecule has 2 bridgehead atoms. The Kier molecular flexibility index (Phi) is 2.74. The van der Waals surface area contributed by atoms with Gasteiger partial charge in [0.1, 0.15) is 5.82 Å². The zero-order chi connectivity index (χ0) is 11.0. The Bertz CT molecular complexity index is 353. The van der Waals surface area contributed by atoms with E-state index in [9.17, 15) is 0 Å². The van der Waals surface area contributed by atoms with Gasteiger partial charge in [0.05, 0.1) is 5.02 Å². The van der Waals surface area contributed by atoms with Crippen molar-refractivity contribution in [2.75, 3.05) is 18.0 Å². The van der Waals surface area contributed by atoms with Crippen molar-refractivity contribution in [3.05, 3.63) is 23.4 Å². The average Bonchev–Trinajstić information content (AvgIpc) is 2.29. The lowest BCUT2D eigenvalue weighted by Gasteiger charge is -2.43. The van der Waals surface area contributed by atoms with Gasteiger partial charge in [-0.05, 0) is 25.0 Å². The molecule has 2 aliphatic heterocycles. The molecule has 3 nitrogen and oxygen atoms in total.